The largest absolute Gasteiger partial charge is 0.390 e. The normalized spacial score (nSPS) is 11.8. The highest BCUT2D eigenvalue weighted by Crippen LogP contribution is 2.23. The second-order valence-corrected chi connectivity index (χ2v) is 4.94. The molecule has 0 fully saturated rings. The predicted octanol–water partition coefficient (Wildman–Crippen LogP) is 3.42. The van der Waals surface area contributed by atoms with E-state index in [1.54, 1.807) is 13.1 Å². The first-order chi connectivity index (χ1) is 9.23. The second kappa shape index (κ2) is 6.76. The number of hydrogen-bond donors (Lipinski definition) is 1. The molecule has 1 heterocycles. The Morgan fingerprint density at radius 1 is 1.30 bits per heavy atom. The quantitative estimate of drug-likeness (QED) is 0.871. The highest BCUT2D eigenvalue weighted by Gasteiger charge is 2.27. The number of nitrogens with one attached hydrogen (secondary N) is 1. The summed E-state index contributed by atoms with van der Waals surface area (Å²) in [6.07, 6.45) is -5.02. The van der Waals surface area contributed by atoms with E-state index in [4.69, 9.17) is 0 Å². The summed E-state index contributed by atoms with van der Waals surface area (Å²) in [6, 6.07) is 1.67. The molecule has 0 saturated heterocycles. The molecule has 1 aromatic heterocycles. The van der Waals surface area contributed by atoms with Gasteiger partial charge in [0, 0.05) is 32.1 Å². The van der Waals surface area contributed by atoms with Crippen molar-refractivity contribution in [2.24, 2.45) is 0 Å². The van der Waals surface area contributed by atoms with Crippen LogP contribution in [0.2, 0.25) is 0 Å². The van der Waals surface area contributed by atoms with Crippen LogP contribution in [0.1, 0.15) is 38.9 Å². The van der Waals surface area contributed by atoms with Gasteiger partial charge in [0.2, 0.25) is 0 Å². The molecule has 0 aliphatic rings. The van der Waals surface area contributed by atoms with Crippen LogP contribution in [0.5, 0.6) is 0 Å². The van der Waals surface area contributed by atoms with Crippen molar-refractivity contribution in [3.8, 4) is 0 Å². The minimum Gasteiger partial charge on any atom is -0.370 e. The summed E-state index contributed by atoms with van der Waals surface area (Å²) in [5.41, 5.74) is 0. The van der Waals surface area contributed by atoms with E-state index in [9.17, 15) is 13.2 Å². The molecule has 0 saturated carbocycles. The topological polar surface area (TPSA) is 41.0 Å². The first-order valence-corrected chi connectivity index (χ1v) is 6.63. The van der Waals surface area contributed by atoms with Gasteiger partial charge in [0.1, 0.15) is 17.5 Å². The Morgan fingerprint density at radius 2 is 1.95 bits per heavy atom. The van der Waals surface area contributed by atoms with Crippen molar-refractivity contribution in [3.63, 3.8) is 0 Å². The van der Waals surface area contributed by atoms with Gasteiger partial charge < -0.3 is 10.2 Å². The van der Waals surface area contributed by atoms with Gasteiger partial charge in [-0.2, -0.15) is 13.2 Å². The molecule has 0 bridgehead atoms. The van der Waals surface area contributed by atoms with Gasteiger partial charge >= 0.3 is 6.18 Å². The molecule has 0 aliphatic carbocycles. The first kappa shape index (κ1) is 16.5. The number of halogens is 3. The van der Waals surface area contributed by atoms with E-state index in [0.717, 1.165) is 0 Å². The van der Waals surface area contributed by atoms with Crippen molar-refractivity contribution in [1.82, 2.24) is 9.97 Å². The molecular weight excluding hydrogens is 269 g/mol. The molecule has 0 amide bonds. The molecule has 1 N–H and O–H groups in total. The average molecular weight is 290 g/mol. The molecule has 1 rings (SSSR count). The number of aromatic nitrogens is 2. The number of alkyl halides is 3. The zero-order valence-electron chi connectivity index (χ0n) is 12.3. The van der Waals surface area contributed by atoms with Crippen LogP contribution < -0.4 is 10.2 Å². The minimum absolute atomic E-state index is 0.114. The summed E-state index contributed by atoms with van der Waals surface area (Å²) in [6.45, 7) is 6.41. The van der Waals surface area contributed by atoms with E-state index in [0.29, 0.717) is 24.0 Å². The lowest BCUT2D eigenvalue weighted by Gasteiger charge is -2.21. The van der Waals surface area contributed by atoms with Crippen LogP contribution in [0.15, 0.2) is 6.07 Å². The van der Waals surface area contributed by atoms with Gasteiger partial charge in [-0.25, -0.2) is 9.97 Å². The Bertz CT molecular complexity index is 432. The standard InChI is InChI=1S/C13H21F3N4/c1-5-17-10-8-11(19-12(18-10)9(2)3)20(4)7-6-13(14,15)16/h8-9H,5-7H2,1-4H3,(H,17,18,19). The monoisotopic (exact) mass is 290 g/mol. The smallest absolute Gasteiger partial charge is 0.370 e. The fourth-order valence-electron chi connectivity index (χ4n) is 1.59. The Morgan fingerprint density at radius 3 is 2.45 bits per heavy atom. The van der Waals surface area contributed by atoms with E-state index in [2.05, 4.69) is 15.3 Å². The molecule has 0 unspecified atom stereocenters. The molecule has 20 heavy (non-hydrogen) atoms. The SMILES string of the molecule is CCNc1cc(N(C)CCC(F)(F)F)nc(C(C)C)n1. The van der Waals surface area contributed by atoms with Crippen molar-refractivity contribution in [3.05, 3.63) is 11.9 Å². The number of anilines is 2. The van der Waals surface area contributed by atoms with Crippen molar-refractivity contribution in [2.75, 3.05) is 30.4 Å². The molecule has 114 valence electrons. The van der Waals surface area contributed by atoms with Crippen molar-refractivity contribution in [1.29, 1.82) is 0 Å². The van der Waals surface area contributed by atoms with Crippen LogP contribution in [0.25, 0.3) is 0 Å². The molecule has 0 aliphatic heterocycles. The molecule has 7 heteroatoms. The molecule has 0 spiro atoms. The van der Waals surface area contributed by atoms with Gasteiger partial charge in [0.05, 0.1) is 6.42 Å². The van der Waals surface area contributed by atoms with Gasteiger partial charge in [0.25, 0.3) is 0 Å². The zero-order valence-corrected chi connectivity index (χ0v) is 12.3. The lowest BCUT2D eigenvalue weighted by atomic mass is 10.2. The highest BCUT2D eigenvalue weighted by atomic mass is 19.4. The summed E-state index contributed by atoms with van der Waals surface area (Å²) < 4.78 is 36.8. The maximum Gasteiger partial charge on any atom is 0.390 e. The zero-order chi connectivity index (χ0) is 15.3. The molecule has 1 aromatic rings. The van der Waals surface area contributed by atoms with Crippen LogP contribution in [-0.2, 0) is 0 Å². The Balaban J connectivity index is 2.91. The van der Waals surface area contributed by atoms with Crippen molar-refractivity contribution in [2.45, 2.75) is 39.3 Å². The van der Waals surface area contributed by atoms with Gasteiger partial charge in [-0.1, -0.05) is 13.8 Å². The molecule has 4 nitrogen and oxygen atoms in total. The van der Waals surface area contributed by atoms with E-state index >= 15 is 0 Å². The highest BCUT2D eigenvalue weighted by molar-refractivity contribution is 5.49. The molecular formula is C13H21F3N4. The van der Waals surface area contributed by atoms with Gasteiger partial charge in [-0.15, -0.1) is 0 Å². The van der Waals surface area contributed by atoms with E-state index in [1.807, 2.05) is 20.8 Å². The van der Waals surface area contributed by atoms with Crippen molar-refractivity contribution < 1.29 is 13.2 Å². The average Bonchev–Trinajstić information content (AvgIpc) is 2.35. The second-order valence-electron chi connectivity index (χ2n) is 4.94. The van der Waals surface area contributed by atoms with Crippen LogP contribution in [0.3, 0.4) is 0 Å². The van der Waals surface area contributed by atoms with Gasteiger partial charge in [-0.05, 0) is 6.92 Å². The lowest BCUT2D eigenvalue weighted by molar-refractivity contribution is -0.132. The fraction of sp³-hybridized carbons (Fsp3) is 0.692. The Kier molecular flexibility index (Phi) is 5.59. The fourth-order valence-corrected chi connectivity index (χ4v) is 1.59. The third kappa shape index (κ3) is 5.22. The van der Waals surface area contributed by atoms with E-state index in [1.165, 1.54) is 4.90 Å². The lowest BCUT2D eigenvalue weighted by Crippen LogP contribution is -2.25. The third-order valence-corrected chi connectivity index (χ3v) is 2.73. The van der Waals surface area contributed by atoms with Crippen LogP contribution in [-0.4, -0.2) is 36.3 Å². The summed E-state index contributed by atoms with van der Waals surface area (Å²) in [7, 11) is 1.61. The van der Waals surface area contributed by atoms with Gasteiger partial charge in [-0.3, -0.25) is 0 Å². The predicted molar refractivity (Wildman–Crippen MR) is 74.2 cm³/mol. The maximum absolute atomic E-state index is 12.3. The Labute approximate surface area is 117 Å². The van der Waals surface area contributed by atoms with E-state index in [-0.39, 0.29) is 12.5 Å². The van der Waals surface area contributed by atoms with Crippen LogP contribution in [0, 0.1) is 0 Å². The molecule has 0 atom stereocenters. The maximum atomic E-state index is 12.3. The van der Waals surface area contributed by atoms with Crippen LogP contribution >= 0.6 is 0 Å². The molecule has 0 radical (unpaired) electrons. The number of rotatable bonds is 6. The number of nitrogens with zero attached hydrogens (tertiary/aromatic N) is 3. The summed E-state index contributed by atoms with van der Waals surface area (Å²) in [4.78, 5) is 10.2. The number of hydrogen-bond acceptors (Lipinski definition) is 4. The van der Waals surface area contributed by atoms with E-state index < -0.39 is 12.6 Å². The summed E-state index contributed by atoms with van der Waals surface area (Å²) in [5, 5.41) is 3.07. The van der Waals surface area contributed by atoms with Crippen LogP contribution in [0.4, 0.5) is 24.8 Å². The molecule has 0 aromatic carbocycles. The summed E-state index contributed by atoms with van der Waals surface area (Å²) in [5.74, 6) is 1.88. The first-order valence-electron chi connectivity index (χ1n) is 6.63. The Hall–Kier alpha value is -1.53. The van der Waals surface area contributed by atoms with Gasteiger partial charge in [0.15, 0.2) is 0 Å². The minimum atomic E-state index is -4.16. The van der Waals surface area contributed by atoms with Crippen molar-refractivity contribution >= 4 is 11.6 Å². The summed E-state index contributed by atoms with van der Waals surface area (Å²) >= 11 is 0. The third-order valence-electron chi connectivity index (χ3n) is 2.73.